The zero-order valence-electron chi connectivity index (χ0n) is 14.5. The molecule has 0 fully saturated rings. The summed E-state index contributed by atoms with van der Waals surface area (Å²) in [5.41, 5.74) is 2.36. The number of aryl methyl sites for hydroxylation is 1. The first-order valence-corrected chi connectivity index (χ1v) is 11.0. The van der Waals surface area contributed by atoms with E-state index in [9.17, 15) is 16.8 Å². The topological polar surface area (TPSA) is 83.6 Å². The maximum absolute atomic E-state index is 12.6. The molecule has 2 aromatic rings. The monoisotopic (exact) mass is 392 g/mol. The molecule has 0 aliphatic heterocycles. The van der Waals surface area contributed by atoms with Crippen molar-refractivity contribution < 1.29 is 16.8 Å². The van der Waals surface area contributed by atoms with Crippen LogP contribution in [-0.4, -0.2) is 35.2 Å². The maximum atomic E-state index is 12.6. The second-order valence-electron chi connectivity index (χ2n) is 6.23. The van der Waals surface area contributed by atoms with E-state index in [4.69, 9.17) is 0 Å². The molecule has 0 bridgehead atoms. The van der Waals surface area contributed by atoms with E-state index in [2.05, 4.69) is 4.72 Å². The molecule has 0 aromatic heterocycles. The first kappa shape index (κ1) is 18.6. The van der Waals surface area contributed by atoms with E-state index in [1.807, 2.05) is 24.3 Å². The molecule has 0 heterocycles. The lowest BCUT2D eigenvalue weighted by Crippen LogP contribution is -2.22. The Balaban J connectivity index is 1.84. The molecule has 0 radical (unpaired) electrons. The minimum absolute atomic E-state index is 0.108. The maximum Gasteiger partial charge on any atom is 0.258 e. The van der Waals surface area contributed by atoms with Crippen molar-refractivity contribution in [1.82, 2.24) is 4.31 Å². The van der Waals surface area contributed by atoms with Crippen LogP contribution in [0.15, 0.2) is 58.3 Å². The van der Waals surface area contributed by atoms with Gasteiger partial charge in [-0.05, 0) is 54.3 Å². The van der Waals surface area contributed by atoms with E-state index in [0.29, 0.717) is 23.4 Å². The first-order chi connectivity index (χ1) is 12.2. The molecule has 0 amide bonds. The van der Waals surface area contributed by atoms with Gasteiger partial charge in [-0.2, -0.15) is 0 Å². The highest BCUT2D eigenvalue weighted by atomic mass is 32.2. The first-order valence-electron chi connectivity index (χ1n) is 8.04. The molecule has 0 saturated carbocycles. The largest absolute Gasteiger partial charge is 0.280 e. The number of benzene rings is 2. The predicted molar refractivity (Wildman–Crippen MR) is 103 cm³/mol. The van der Waals surface area contributed by atoms with Gasteiger partial charge in [0.2, 0.25) is 10.0 Å². The quantitative estimate of drug-likeness (QED) is 0.848. The molecule has 8 heteroatoms. The SMILES string of the molecule is CN(C)S(=O)(=O)c1ccc(NS(=O)(=O)C2=Cc3ccccc3CC2)cc1. The highest BCUT2D eigenvalue weighted by molar-refractivity contribution is 7.96. The fourth-order valence-corrected chi connectivity index (χ4v) is 4.88. The molecule has 1 aliphatic carbocycles. The molecule has 2 aromatic carbocycles. The molecule has 0 unspecified atom stereocenters. The van der Waals surface area contributed by atoms with Crippen LogP contribution in [0.25, 0.3) is 6.08 Å². The Morgan fingerprint density at radius 3 is 2.19 bits per heavy atom. The summed E-state index contributed by atoms with van der Waals surface area (Å²) in [5, 5.41) is 0. The van der Waals surface area contributed by atoms with Crippen LogP contribution in [-0.2, 0) is 26.5 Å². The van der Waals surface area contributed by atoms with Crippen LogP contribution in [0.2, 0.25) is 0 Å². The second-order valence-corrected chi connectivity index (χ2v) is 10.1. The van der Waals surface area contributed by atoms with Crippen LogP contribution < -0.4 is 4.72 Å². The number of nitrogens with zero attached hydrogens (tertiary/aromatic N) is 1. The summed E-state index contributed by atoms with van der Waals surface area (Å²) in [6, 6.07) is 13.4. The third-order valence-electron chi connectivity index (χ3n) is 4.24. The van der Waals surface area contributed by atoms with E-state index in [0.717, 1.165) is 15.4 Å². The molecular formula is C18H20N2O4S2. The zero-order chi connectivity index (χ0) is 18.9. The number of hydrogen-bond acceptors (Lipinski definition) is 4. The van der Waals surface area contributed by atoms with Gasteiger partial charge in [0.15, 0.2) is 0 Å². The number of sulfonamides is 2. The van der Waals surface area contributed by atoms with Crippen molar-refractivity contribution in [1.29, 1.82) is 0 Å². The molecule has 0 saturated heterocycles. The Bertz CT molecular complexity index is 1050. The third kappa shape index (κ3) is 3.67. The van der Waals surface area contributed by atoms with Crippen molar-refractivity contribution in [2.75, 3.05) is 18.8 Å². The summed E-state index contributed by atoms with van der Waals surface area (Å²) in [4.78, 5) is 0.428. The third-order valence-corrected chi connectivity index (χ3v) is 7.59. The molecule has 138 valence electrons. The van der Waals surface area contributed by atoms with Crippen molar-refractivity contribution >= 4 is 31.8 Å². The molecule has 0 atom stereocenters. The van der Waals surface area contributed by atoms with Crippen molar-refractivity contribution in [2.24, 2.45) is 0 Å². The van der Waals surface area contributed by atoms with Gasteiger partial charge in [0.05, 0.1) is 9.80 Å². The minimum atomic E-state index is -3.69. The normalized spacial score (nSPS) is 14.7. The average Bonchev–Trinajstić information content (AvgIpc) is 2.61. The summed E-state index contributed by atoms with van der Waals surface area (Å²) >= 11 is 0. The lowest BCUT2D eigenvalue weighted by atomic mass is 9.98. The van der Waals surface area contributed by atoms with Crippen LogP contribution in [0.3, 0.4) is 0 Å². The van der Waals surface area contributed by atoms with Crippen LogP contribution in [0.4, 0.5) is 5.69 Å². The minimum Gasteiger partial charge on any atom is -0.280 e. The Morgan fingerprint density at radius 1 is 0.885 bits per heavy atom. The lowest BCUT2D eigenvalue weighted by molar-refractivity contribution is 0.521. The number of nitrogens with one attached hydrogen (secondary N) is 1. The predicted octanol–water partition coefficient (Wildman–Crippen LogP) is 2.67. The van der Waals surface area contributed by atoms with Gasteiger partial charge in [-0.1, -0.05) is 24.3 Å². The summed E-state index contributed by atoms with van der Waals surface area (Å²) in [6.45, 7) is 0. The molecule has 3 rings (SSSR count). The Morgan fingerprint density at radius 2 is 1.54 bits per heavy atom. The van der Waals surface area contributed by atoms with Gasteiger partial charge in [-0.25, -0.2) is 21.1 Å². The van der Waals surface area contributed by atoms with Crippen molar-refractivity contribution in [3.63, 3.8) is 0 Å². The fourth-order valence-electron chi connectivity index (χ4n) is 2.74. The summed E-state index contributed by atoms with van der Waals surface area (Å²) in [6.07, 6.45) is 2.79. The van der Waals surface area contributed by atoms with Crippen molar-refractivity contribution in [3.05, 3.63) is 64.6 Å². The smallest absolute Gasteiger partial charge is 0.258 e. The van der Waals surface area contributed by atoms with Gasteiger partial charge < -0.3 is 0 Å². The van der Waals surface area contributed by atoms with E-state index in [1.54, 1.807) is 6.08 Å². The van der Waals surface area contributed by atoms with Crippen LogP contribution in [0.5, 0.6) is 0 Å². The molecule has 26 heavy (non-hydrogen) atoms. The van der Waals surface area contributed by atoms with E-state index in [-0.39, 0.29) is 4.90 Å². The highest BCUT2D eigenvalue weighted by Crippen LogP contribution is 2.28. The lowest BCUT2D eigenvalue weighted by Gasteiger charge is -2.17. The van der Waals surface area contributed by atoms with Crippen molar-refractivity contribution in [2.45, 2.75) is 17.7 Å². The van der Waals surface area contributed by atoms with Gasteiger partial charge in [-0.3, -0.25) is 4.72 Å². The number of fused-ring (bicyclic) bond motifs is 1. The van der Waals surface area contributed by atoms with Gasteiger partial charge in [0.25, 0.3) is 10.0 Å². The fraction of sp³-hybridized carbons (Fsp3) is 0.222. The summed E-state index contributed by atoms with van der Waals surface area (Å²) < 4.78 is 53.1. The van der Waals surface area contributed by atoms with Crippen LogP contribution >= 0.6 is 0 Å². The van der Waals surface area contributed by atoms with Crippen LogP contribution in [0, 0.1) is 0 Å². The number of allylic oxidation sites excluding steroid dienone is 1. The van der Waals surface area contributed by atoms with E-state index in [1.165, 1.54) is 38.4 Å². The van der Waals surface area contributed by atoms with Gasteiger partial charge in [-0.15, -0.1) is 0 Å². The summed E-state index contributed by atoms with van der Waals surface area (Å²) in [5.74, 6) is 0. The van der Waals surface area contributed by atoms with Gasteiger partial charge in [0.1, 0.15) is 0 Å². The highest BCUT2D eigenvalue weighted by Gasteiger charge is 2.22. The zero-order valence-corrected chi connectivity index (χ0v) is 16.1. The average molecular weight is 393 g/mol. The summed E-state index contributed by atoms with van der Waals surface area (Å²) in [7, 11) is -4.35. The van der Waals surface area contributed by atoms with E-state index >= 15 is 0 Å². The van der Waals surface area contributed by atoms with Crippen LogP contribution in [0.1, 0.15) is 17.5 Å². The van der Waals surface area contributed by atoms with Gasteiger partial charge in [0, 0.05) is 19.8 Å². The number of anilines is 1. The standard InChI is InChI=1S/C18H20N2O4S2/c1-20(2)26(23,24)17-11-8-16(9-12-17)19-25(21,22)18-10-7-14-5-3-4-6-15(14)13-18/h3-6,8-9,11-13,19H,7,10H2,1-2H3. The molecular weight excluding hydrogens is 372 g/mol. The second kappa shape index (κ2) is 6.86. The Hall–Kier alpha value is -2.16. The Labute approximate surface area is 154 Å². The number of hydrogen-bond donors (Lipinski definition) is 1. The molecule has 1 aliphatic rings. The molecule has 0 spiro atoms. The molecule has 1 N–H and O–H groups in total. The number of rotatable bonds is 5. The Kier molecular flexibility index (Phi) is 4.92. The molecule has 6 nitrogen and oxygen atoms in total. The van der Waals surface area contributed by atoms with Gasteiger partial charge >= 0.3 is 0 Å². The van der Waals surface area contributed by atoms with Crippen molar-refractivity contribution in [3.8, 4) is 0 Å². The van der Waals surface area contributed by atoms with E-state index < -0.39 is 20.0 Å².